The van der Waals surface area contributed by atoms with E-state index in [1.165, 1.54) is 13.8 Å². The quantitative estimate of drug-likeness (QED) is 0.732. The van der Waals surface area contributed by atoms with Gasteiger partial charge >= 0.3 is 0 Å². The molecule has 0 saturated carbocycles. The number of nitrogens with zero attached hydrogens (tertiary/aromatic N) is 1. The molecule has 1 heterocycles. The van der Waals surface area contributed by atoms with Crippen LogP contribution in [0.3, 0.4) is 0 Å². The summed E-state index contributed by atoms with van der Waals surface area (Å²) < 4.78 is 0. The number of hydrogen-bond donors (Lipinski definition) is 3. The number of hydrogen-bond acceptors (Lipinski definition) is 3. The summed E-state index contributed by atoms with van der Waals surface area (Å²) in [6, 6.07) is 3.47. The molecule has 17 heavy (non-hydrogen) atoms. The molecule has 3 N–H and O–H groups in total. The summed E-state index contributed by atoms with van der Waals surface area (Å²) in [5.41, 5.74) is 1.95. The van der Waals surface area contributed by atoms with E-state index in [-0.39, 0.29) is 11.8 Å². The highest BCUT2D eigenvalue weighted by Gasteiger charge is 2.08. The normalized spacial score (nSPS) is 10.2. The Hall–Kier alpha value is -2.37. The second kappa shape index (κ2) is 4.25. The van der Waals surface area contributed by atoms with Gasteiger partial charge in [0.25, 0.3) is 0 Å². The van der Waals surface area contributed by atoms with Crippen LogP contribution in [0.2, 0.25) is 0 Å². The maximum Gasteiger partial charge on any atom is 0.221 e. The lowest BCUT2D eigenvalue weighted by Crippen LogP contribution is -2.09. The Balaban J connectivity index is 2.50. The van der Waals surface area contributed by atoms with Crippen molar-refractivity contribution in [2.24, 2.45) is 0 Å². The third-order valence-electron chi connectivity index (χ3n) is 2.18. The van der Waals surface area contributed by atoms with Crippen LogP contribution in [-0.2, 0) is 9.59 Å². The maximum absolute atomic E-state index is 11.1. The third kappa shape index (κ3) is 2.41. The molecule has 0 aliphatic rings. The summed E-state index contributed by atoms with van der Waals surface area (Å²) in [5.74, 6) is -0.345. The van der Waals surface area contributed by atoms with Crippen LogP contribution in [0.25, 0.3) is 10.9 Å². The van der Waals surface area contributed by atoms with E-state index >= 15 is 0 Å². The Labute approximate surface area is 97.4 Å². The lowest BCUT2D eigenvalue weighted by molar-refractivity contribution is -0.115. The minimum Gasteiger partial charge on any atom is -0.326 e. The zero-order chi connectivity index (χ0) is 12.4. The number of rotatable bonds is 2. The van der Waals surface area contributed by atoms with Crippen molar-refractivity contribution < 1.29 is 9.59 Å². The molecule has 0 unspecified atom stereocenters. The van der Waals surface area contributed by atoms with Crippen molar-refractivity contribution in [1.29, 1.82) is 0 Å². The minimum atomic E-state index is -0.180. The van der Waals surface area contributed by atoms with Crippen molar-refractivity contribution in [1.82, 2.24) is 10.2 Å². The van der Waals surface area contributed by atoms with Crippen LogP contribution in [0.1, 0.15) is 13.8 Å². The predicted octanol–water partition coefficient (Wildman–Crippen LogP) is 1.48. The Morgan fingerprint density at radius 3 is 2.53 bits per heavy atom. The molecule has 0 atom stereocenters. The molecule has 88 valence electrons. The summed E-state index contributed by atoms with van der Waals surface area (Å²) in [4.78, 5) is 22.1. The first kappa shape index (κ1) is 11.1. The zero-order valence-electron chi connectivity index (χ0n) is 9.50. The van der Waals surface area contributed by atoms with Crippen LogP contribution in [0.4, 0.5) is 11.4 Å². The first-order valence-electron chi connectivity index (χ1n) is 5.08. The van der Waals surface area contributed by atoms with Gasteiger partial charge in [-0.3, -0.25) is 14.7 Å². The number of benzene rings is 1. The predicted molar refractivity (Wildman–Crippen MR) is 64.7 cm³/mol. The van der Waals surface area contributed by atoms with Gasteiger partial charge in [-0.2, -0.15) is 5.10 Å². The van der Waals surface area contributed by atoms with Crippen molar-refractivity contribution in [3.8, 4) is 0 Å². The minimum absolute atomic E-state index is 0.165. The van der Waals surface area contributed by atoms with Crippen LogP contribution in [-0.4, -0.2) is 22.0 Å². The van der Waals surface area contributed by atoms with E-state index in [0.29, 0.717) is 11.4 Å². The fourth-order valence-electron chi connectivity index (χ4n) is 1.62. The molecule has 6 nitrogen and oxygen atoms in total. The van der Waals surface area contributed by atoms with E-state index in [0.717, 1.165) is 10.9 Å². The molecule has 0 radical (unpaired) electrons. The summed E-state index contributed by atoms with van der Waals surface area (Å²) >= 11 is 0. The Morgan fingerprint density at radius 2 is 1.88 bits per heavy atom. The first-order valence-corrected chi connectivity index (χ1v) is 5.08. The number of anilines is 2. The first-order chi connectivity index (χ1) is 8.06. The molecule has 1 aromatic heterocycles. The lowest BCUT2D eigenvalue weighted by Gasteiger charge is -2.07. The fourth-order valence-corrected chi connectivity index (χ4v) is 1.62. The van der Waals surface area contributed by atoms with E-state index in [1.807, 2.05) is 0 Å². The molecule has 0 saturated heterocycles. The lowest BCUT2D eigenvalue weighted by atomic mass is 10.2. The van der Waals surface area contributed by atoms with Crippen molar-refractivity contribution in [3.05, 3.63) is 18.3 Å². The van der Waals surface area contributed by atoms with Crippen molar-refractivity contribution >= 4 is 34.1 Å². The van der Waals surface area contributed by atoms with Gasteiger partial charge in [0, 0.05) is 24.9 Å². The van der Waals surface area contributed by atoms with Gasteiger partial charge in [0.1, 0.15) is 0 Å². The molecule has 0 spiro atoms. The molecular formula is C11H12N4O2. The zero-order valence-corrected chi connectivity index (χ0v) is 9.50. The van der Waals surface area contributed by atoms with Gasteiger partial charge in [-0.05, 0) is 12.1 Å². The second-order valence-corrected chi connectivity index (χ2v) is 3.72. The van der Waals surface area contributed by atoms with Crippen molar-refractivity contribution in [3.63, 3.8) is 0 Å². The highest BCUT2D eigenvalue weighted by Crippen LogP contribution is 2.26. The summed E-state index contributed by atoms with van der Waals surface area (Å²) in [6.07, 6.45) is 1.63. The van der Waals surface area contributed by atoms with E-state index < -0.39 is 0 Å². The van der Waals surface area contributed by atoms with E-state index in [9.17, 15) is 9.59 Å². The van der Waals surface area contributed by atoms with Crippen molar-refractivity contribution in [2.75, 3.05) is 10.6 Å². The SMILES string of the molecule is CC(=O)Nc1cc(NC(C)=O)c2[nH]ncc2c1. The number of carbonyl (C=O) groups excluding carboxylic acids is 2. The van der Waals surface area contributed by atoms with Crippen LogP contribution in [0, 0.1) is 0 Å². The molecular weight excluding hydrogens is 220 g/mol. The topological polar surface area (TPSA) is 86.9 Å². The number of nitrogens with one attached hydrogen (secondary N) is 3. The van der Waals surface area contributed by atoms with E-state index in [4.69, 9.17) is 0 Å². The second-order valence-electron chi connectivity index (χ2n) is 3.72. The molecule has 1 aromatic carbocycles. The average molecular weight is 232 g/mol. The molecule has 0 bridgehead atoms. The highest BCUT2D eigenvalue weighted by atomic mass is 16.2. The number of fused-ring (bicyclic) bond motifs is 1. The van der Waals surface area contributed by atoms with Gasteiger partial charge in [-0.15, -0.1) is 0 Å². The average Bonchev–Trinajstić information content (AvgIpc) is 2.63. The Kier molecular flexibility index (Phi) is 2.78. The highest BCUT2D eigenvalue weighted by molar-refractivity contribution is 6.02. The number of H-pyrrole nitrogens is 1. The summed E-state index contributed by atoms with van der Waals surface area (Å²) in [6.45, 7) is 2.85. The smallest absolute Gasteiger partial charge is 0.221 e. The van der Waals surface area contributed by atoms with Gasteiger partial charge in [0.2, 0.25) is 11.8 Å². The largest absolute Gasteiger partial charge is 0.326 e. The molecule has 0 aliphatic heterocycles. The number of aromatic nitrogens is 2. The molecule has 6 heteroatoms. The summed E-state index contributed by atoms with van der Waals surface area (Å²) in [7, 11) is 0. The van der Waals surface area contributed by atoms with E-state index in [1.54, 1.807) is 18.3 Å². The van der Waals surface area contributed by atoms with E-state index in [2.05, 4.69) is 20.8 Å². The van der Waals surface area contributed by atoms with Gasteiger partial charge in [-0.25, -0.2) is 0 Å². The van der Waals surface area contributed by atoms with Gasteiger partial charge in [0.05, 0.1) is 17.4 Å². The van der Waals surface area contributed by atoms with Crippen LogP contribution >= 0.6 is 0 Å². The van der Waals surface area contributed by atoms with Crippen LogP contribution in [0.15, 0.2) is 18.3 Å². The van der Waals surface area contributed by atoms with Crippen LogP contribution < -0.4 is 10.6 Å². The monoisotopic (exact) mass is 232 g/mol. The number of amides is 2. The molecule has 2 aromatic rings. The van der Waals surface area contributed by atoms with Gasteiger partial charge < -0.3 is 10.6 Å². The molecule has 2 rings (SSSR count). The van der Waals surface area contributed by atoms with Gasteiger partial charge in [0.15, 0.2) is 0 Å². The fraction of sp³-hybridized carbons (Fsp3) is 0.182. The molecule has 2 amide bonds. The third-order valence-corrected chi connectivity index (χ3v) is 2.18. The Bertz CT molecular complexity index is 588. The number of aromatic amines is 1. The standard InChI is InChI=1S/C11H12N4O2/c1-6(16)13-9-3-8-5-12-15-11(8)10(4-9)14-7(2)17/h3-5H,1-2H3,(H,12,15)(H,13,16)(H,14,17). The van der Waals surface area contributed by atoms with Crippen molar-refractivity contribution in [2.45, 2.75) is 13.8 Å². The maximum atomic E-state index is 11.1. The molecule has 0 fully saturated rings. The summed E-state index contributed by atoms with van der Waals surface area (Å²) in [5, 5.41) is 12.9. The van der Waals surface area contributed by atoms with Gasteiger partial charge in [-0.1, -0.05) is 0 Å². The number of carbonyl (C=O) groups is 2. The Morgan fingerprint density at radius 1 is 1.18 bits per heavy atom. The van der Waals surface area contributed by atoms with Crippen LogP contribution in [0.5, 0.6) is 0 Å². The molecule has 0 aliphatic carbocycles.